The van der Waals surface area contributed by atoms with E-state index in [1.807, 2.05) is 133 Å². The van der Waals surface area contributed by atoms with Crippen LogP contribution in [0.15, 0.2) is 242 Å². The smallest absolute Gasteiger partial charge is 0.0645 e. The molecule has 0 amide bonds. The van der Waals surface area contributed by atoms with Gasteiger partial charge in [-0.3, -0.25) is 0 Å². The Kier molecular flexibility index (Phi) is 5.77. The average molecular weight is 803 g/mol. The van der Waals surface area contributed by atoms with Crippen molar-refractivity contribution in [2.24, 2.45) is 0 Å². The van der Waals surface area contributed by atoms with E-state index in [9.17, 15) is 13.7 Å². The molecule has 0 bridgehead atoms. The molecule has 62 heavy (non-hydrogen) atoms. The second-order valence-electron chi connectivity index (χ2n) is 15.0. The van der Waals surface area contributed by atoms with E-state index >= 15 is 0 Å². The first-order valence-corrected chi connectivity index (χ1v) is 20.2. The third-order valence-electron chi connectivity index (χ3n) is 11.5. The highest BCUT2D eigenvalue weighted by Gasteiger charge is 2.16. The van der Waals surface area contributed by atoms with Gasteiger partial charge in [-0.1, -0.05) is 182 Å². The lowest BCUT2D eigenvalue weighted by atomic mass is 10.00. The fourth-order valence-electron chi connectivity index (χ4n) is 8.37. The molecule has 2 heteroatoms. The molecule has 2 heterocycles. The summed E-state index contributed by atoms with van der Waals surface area (Å²) in [7, 11) is 0. The van der Waals surface area contributed by atoms with Crippen LogP contribution in [0, 0.1) is 0 Å². The minimum Gasteiger partial charge on any atom is -0.309 e. The van der Waals surface area contributed by atoms with E-state index in [1.165, 1.54) is 9.13 Å². The molecule has 0 saturated carbocycles. The van der Waals surface area contributed by atoms with Gasteiger partial charge in [0, 0.05) is 32.9 Å². The van der Waals surface area contributed by atoms with Gasteiger partial charge in [-0.15, -0.1) is 0 Å². The lowest BCUT2D eigenvalue weighted by molar-refractivity contribution is 1.18. The molecule has 0 aliphatic carbocycles. The van der Waals surface area contributed by atoms with E-state index in [4.69, 9.17) is 5.48 Å². The fraction of sp³-hybridized carbons (Fsp3) is 0. The molecule has 0 fully saturated rings. The lowest BCUT2D eigenvalue weighted by Gasteiger charge is -2.11. The molecule has 2 aromatic heterocycles. The number of para-hydroxylation sites is 2. The molecule has 2 nitrogen and oxygen atoms in total. The van der Waals surface area contributed by atoms with Crippen LogP contribution < -0.4 is 0 Å². The normalized spacial score (nSPS) is 14.7. The van der Waals surface area contributed by atoms with Crippen LogP contribution in [0.5, 0.6) is 0 Å². The molecular weight excluding hydrogens is 749 g/mol. The third kappa shape index (κ3) is 6.12. The van der Waals surface area contributed by atoms with Crippen molar-refractivity contribution in [1.82, 2.24) is 9.13 Å². The topological polar surface area (TPSA) is 9.86 Å². The molecule has 0 saturated heterocycles. The number of aromatic nitrogens is 2. The van der Waals surface area contributed by atoms with E-state index in [1.54, 1.807) is 24.3 Å². The Morgan fingerprint density at radius 1 is 0.242 bits per heavy atom. The van der Waals surface area contributed by atoms with Gasteiger partial charge < -0.3 is 9.13 Å². The van der Waals surface area contributed by atoms with Crippen molar-refractivity contribution >= 4 is 43.6 Å². The molecule has 12 aromatic rings. The van der Waals surface area contributed by atoms with Crippen LogP contribution in [0.25, 0.3) is 111 Å². The molecule has 0 aliphatic heterocycles. The number of nitrogens with zero attached hydrogens (tertiary/aromatic N) is 2. The van der Waals surface area contributed by atoms with E-state index in [-0.39, 0.29) is 43.6 Å². The molecule has 0 atom stereocenters. The second kappa shape index (κ2) is 14.8. The van der Waals surface area contributed by atoms with Crippen LogP contribution in [0.1, 0.15) is 19.2 Å². The molecule has 0 unspecified atom stereocenters. The van der Waals surface area contributed by atoms with Crippen LogP contribution in [-0.4, -0.2) is 9.13 Å². The van der Waals surface area contributed by atoms with Crippen molar-refractivity contribution < 1.29 is 19.2 Å². The van der Waals surface area contributed by atoms with Gasteiger partial charge in [-0.25, -0.2) is 0 Å². The monoisotopic (exact) mass is 802 g/mol. The molecule has 0 spiro atoms. The Hall–Kier alpha value is -8.20. The largest absolute Gasteiger partial charge is 0.309 e. The molecule has 0 N–H and O–H groups in total. The van der Waals surface area contributed by atoms with Crippen molar-refractivity contribution in [3.05, 3.63) is 242 Å². The SMILES string of the molecule is [2H]c1c([2H])c([2H])c2c(c1[2H])c1c([2H])c(-c3c([2H])c([2H])c4c(c3[2H])c3c([2H])c([2H])c([2H])c([2H])c3n4-c3ccc(-c4ccc(-c5ccccc5)cc4)cc3)c([2H])c([2H])c1n2-c1ccc(-c2ccc(-c3ccccc3)cc2)cc1. The second-order valence-corrected chi connectivity index (χ2v) is 15.0. The molecule has 0 aliphatic rings. The van der Waals surface area contributed by atoms with E-state index in [0.29, 0.717) is 11.4 Å². The van der Waals surface area contributed by atoms with Crippen LogP contribution in [-0.2, 0) is 0 Å². The van der Waals surface area contributed by atoms with Crippen molar-refractivity contribution in [2.45, 2.75) is 0 Å². The average Bonchev–Trinajstić information content (AvgIpc) is 4.24. The summed E-state index contributed by atoms with van der Waals surface area (Å²) in [4.78, 5) is 0. The first-order chi connectivity index (χ1) is 36.6. The lowest BCUT2D eigenvalue weighted by Crippen LogP contribution is -1.94. The van der Waals surface area contributed by atoms with Gasteiger partial charge in [0.2, 0.25) is 0 Å². The van der Waals surface area contributed by atoms with Crippen LogP contribution >= 0.6 is 0 Å². The predicted octanol–water partition coefficient (Wildman–Crippen LogP) is 16.2. The zero-order chi connectivity index (χ0) is 53.2. The summed E-state index contributed by atoms with van der Waals surface area (Å²) in [5.41, 5.74) is 7.35. The molecular formula is C60H40N2. The highest BCUT2D eigenvalue weighted by Crippen LogP contribution is 2.39. The van der Waals surface area contributed by atoms with Gasteiger partial charge in [-0.2, -0.15) is 0 Å². The van der Waals surface area contributed by atoms with Gasteiger partial charge in [0.05, 0.1) is 41.3 Å². The summed E-state index contributed by atoms with van der Waals surface area (Å²) in [5, 5.41) is -0.507. The van der Waals surface area contributed by atoms with Crippen LogP contribution in [0.2, 0.25) is 0 Å². The molecule has 10 aromatic carbocycles. The third-order valence-corrected chi connectivity index (χ3v) is 11.5. The van der Waals surface area contributed by atoms with Crippen molar-refractivity contribution in [2.75, 3.05) is 0 Å². The molecule has 290 valence electrons. The van der Waals surface area contributed by atoms with E-state index in [0.717, 1.165) is 44.5 Å². The summed E-state index contributed by atoms with van der Waals surface area (Å²) in [6.07, 6.45) is 0. The highest BCUT2D eigenvalue weighted by atomic mass is 15.0. The Morgan fingerprint density at radius 2 is 0.532 bits per heavy atom. The van der Waals surface area contributed by atoms with Gasteiger partial charge in [0.15, 0.2) is 0 Å². The van der Waals surface area contributed by atoms with Crippen molar-refractivity contribution in [3.8, 4) is 67.0 Å². The standard InChI is InChI=1S/C60H40N2/c1-3-11-41(12-4-1)43-19-23-45(24-20-43)47-27-33-51(34-28-47)61-57-17-9-7-15-53(57)55-39-49(31-37-59(55)61)50-32-38-60-56(40-50)54-16-8-10-18-58(54)62(60)52-35-29-48(30-36-52)46-25-21-44(22-26-46)42-13-5-2-6-14-42/h1-40H/i7D,8D,9D,10D,15D,16D,17D,18D,31D,32D,37D,38D,39D,40D. The van der Waals surface area contributed by atoms with Crippen molar-refractivity contribution in [3.63, 3.8) is 0 Å². The van der Waals surface area contributed by atoms with E-state index in [2.05, 4.69) is 0 Å². The zero-order valence-corrected chi connectivity index (χ0v) is 32.9. The summed E-state index contributed by atoms with van der Waals surface area (Å²) in [6, 6.07) is 42.7. The number of fused-ring (bicyclic) bond motifs is 6. The summed E-state index contributed by atoms with van der Waals surface area (Å²) in [5.74, 6) is 0. The Bertz CT molecular complexity index is 4100. The highest BCUT2D eigenvalue weighted by molar-refractivity contribution is 6.12. The minimum atomic E-state index is -0.620. The molecule has 12 rings (SSSR count). The number of hydrogen-bond donors (Lipinski definition) is 0. The minimum absolute atomic E-state index is 0.0531. The van der Waals surface area contributed by atoms with Crippen LogP contribution in [0.4, 0.5) is 0 Å². The first-order valence-electron chi connectivity index (χ1n) is 27.2. The summed E-state index contributed by atoms with van der Waals surface area (Å²) >= 11 is 0. The maximum Gasteiger partial charge on any atom is 0.0645 e. The number of rotatable bonds is 7. The molecule has 0 radical (unpaired) electrons. The van der Waals surface area contributed by atoms with Gasteiger partial charge in [-0.05, 0) is 116 Å². The van der Waals surface area contributed by atoms with Crippen molar-refractivity contribution in [1.29, 1.82) is 0 Å². The van der Waals surface area contributed by atoms with Gasteiger partial charge >= 0.3 is 0 Å². The predicted molar refractivity (Wildman–Crippen MR) is 262 cm³/mol. The number of benzene rings is 10. The summed E-state index contributed by atoms with van der Waals surface area (Å²) in [6.45, 7) is 0. The van der Waals surface area contributed by atoms with Gasteiger partial charge in [0.1, 0.15) is 0 Å². The van der Waals surface area contributed by atoms with Gasteiger partial charge in [0.25, 0.3) is 0 Å². The Labute approximate surface area is 380 Å². The number of hydrogen-bond acceptors (Lipinski definition) is 0. The first kappa shape index (κ1) is 24.2. The summed E-state index contributed by atoms with van der Waals surface area (Å²) < 4.78 is 133. The van der Waals surface area contributed by atoms with Crippen LogP contribution in [0.3, 0.4) is 0 Å². The Morgan fingerprint density at radius 3 is 0.887 bits per heavy atom. The Balaban J connectivity index is 1.06. The quantitative estimate of drug-likeness (QED) is 0.152. The maximum atomic E-state index is 9.93. The zero-order valence-electron chi connectivity index (χ0n) is 46.9. The maximum absolute atomic E-state index is 9.93. The fourth-order valence-corrected chi connectivity index (χ4v) is 8.37. The van der Waals surface area contributed by atoms with E-state index < -0.39 is 95.7 Å².